The van der Waals surface area contributed by atoms with Crippen molar-refractivity contribution in [1.29, 1.82) is 0 Å². The summed E-state index contributed by atoms with van der Waals surface area (Å²) in [5.74, 6) is -0.568. The van der Waals surface area contributed by atoms with Crippen molar-refractivity contribution in [3.8, 4) is 5.75 Å². The number of carbonyl (C=O) groups is 1. The fourth-order valence-corrected chi connectivity index (χ4v) is 1.58. The van der Waals surface area contributed by atoms with Crippen molar-refractivity contribution in [3.05, 3.63) is 30.1 Å². The summed E-state index contributed by atoms with van der Waals surface area (Å²) >= 11 is 0. The third-order valence-electron chi connectivity index (χ3n) is 2.62. The minimum Gasteiger partial charge on any atom is -0.478 e. The van der Waals surface area contributed by atoms with Gasteiger partial charge in [0, 0.05) is 13.1 Å². The van der Waals surface area contributed by atoms with Crippen LogP contribution in [0.15, 0.2) is 24.3 Å². The maximum absolute atomic E-state index is 13.4. The predicted molar refractivity (Wildman–Crippen MR) is 79.9 cm³/mol. The van der Waals surface area contributed by atoms with Crippen LogP contribution < -0.4 is 15.4 Å². The smallest absolute Gasteiger partial charge is 0.261 e. The Morgan fingerprint density at radius 1 is 1.30 bits per heavy atom. The van der Waals surface area contributed by atoms with Crippen LogP contribution >= 0.6 is 12.4 Å². The molecule has 0 aliphatic rings. The number of nitrogens with one attached hydrogen (secondary N) is 2. The Morgan fingerprint density at radius 2 is 2.00 bits per heavy atom. The predicted octanol–water partition coefficient (Wildman–Crippen LogP) is 2.13. The highest BCUT2D eigenvalue weighted by Crippen LogP contribution is 2.17. The van der Waals surface area contributed by atoms with Crippen LogP contribution in [-0.2, 0) is 4.79 Å². The Hall–Kier alpha value is -1.33. The van der Waals surface area contributed by atoms with Crippen LogP contribution in [0.4, 0.5) is 4.39 Å². The van der Waals surface area contributed by atoms with Gasteiger partial charge in [-0.2, -0.15) is 0 Å². The van der Waals surface area contributed by atoms with E-state index in [1.807, 2.05) is 13.8 Å². The van der Waals surface area contributed by atoms with Gasteiger partial charge in [-0.1, -0.05) is 26.0 Å². The van der Waals surface area contributed by atoms with Crippen LogP contribution in [0, 0.1) is 5.82 Å². The van der Waals surface area contributed by atoms with Crippen LogP contribution in [0.25, 0.3) is 0 Å². The summed E-state index contributed by atoms with van der Waals surface area (Å²) in [6, 6.07) is 6.09. The van der Waals surface area contributed by atoms with Crippen LogP contribution in [-0.4, -0.2) is 31.6 Å². The van der Waals surface area contributed by atoms with Crippen molar-refractivity contribution >= 4 is 18.3 Å². The van der Waals surface area contributed by atoms with Crippen LogP contribution in [0.5, 0.6) is 5.75 Å². The van der Waals surface area contributed by atoms with E-state index >= 15 is 0 Å². The molecule has 0 saturated carbocycles. The van der Waals surface area contributed by atoms with Crippen LogP contribution in [0.3, 0.4) is 0 Å². The van der Waals surface area contributed by atoms with Crippen molar-refractivity contribution in [2.75, 3.05) is 19.6 Å². The second-order valence-corrected chi connectivity index (χ2v) is 4.09. The fourth-order valence-electron chi connectivity index (χ4n) is 1.58. The first-order valence-electron chi connectivity index (χ1n) is 6.58. The first-order chi connectivity index (χ1) is 9.19. The van der Waals surface area contributed by atoms with Crippen molar-refractivity contribution < 1.29 is 13.9 Å². The summed E-state index contributed by atoms with van der Waals surface area (Å²) in [5.41, 5.74) is 0. The SMILES string of the molecule is CCNCCNC(=O)C(CC)Oc1ccccc1F.Cl. The summed E-state index contributed by atoms with van der Waals surface area (Å²) in [7, 11) is 0. The zero-order valence-corrected chi connectivity index (χ0v) is 12.6. The number of benzene rings is 1. The summed E-state index contributed by atoms with van der Waals surface area (Å²) < 4.78 is 18.8. The van der Waals surface area contributed by atoms with Crippen LogP contribution in [0.1, 0.15) is 20.3 Å². The molecule has 0 aromatic heterocycles. The number of rotatable bonds is 8. The highest BCUT2D eigenvalue weighted by molar-refractivity contribution is 5.85. The molecule has 1 atom stereocenters. The number of para-hydroxylation sites is 1. The van der Waals surface area contributed by atoms with E-state index in [2.05, 4.69) is 10.6 Å². The summed E-state index contributed by atoms with van der Waals surface area (Å²) in [6.45, 7) is 5.92. The second kappa shape index (κ2) is 10.5. The van der Waals surface area contributed by atoms with Crippen molar-refractivity contribution in [1.82, 2.24) is 10.6 Å². The lowest BCUT2D eigenvalue weighted by Gasteiger charge is -2.17. The second-order valence-electron chi connectivity index (χ2n) is 4.09. The van der Waals surface area contributed by atoms with Gasteiger partial charge in [0.25, 0.3) is 5.91 Å². The van der Waals surface area contributed by atoms with Crippen LogP contribution in [0.2, 0.25) is 0 Å². The number of amides is 1. The first-order valence-corrected chi connectivity index (χ1v) is 6.58. The van der Waals surface area contributed by atoms with Gasteiger partial charge in [-0.3, -0.25) is 4.79 Å². The number of likely N-dealkylation sites (N-methyl/N-ethyl adjacent to an activating group) is 1. The minimum absolute atomic E-state index is 0. The van der Waals surface area contributed by atoms with Gasteiger partial charge in [0.05, 0.1) is 0 Å². The molecule has 0 fully saturated rings. The largest absolute Gasteiger partial charge is 0.478 e. The van der Waals surface area contributed by atoms with E-state index in [9.17, 15) is 9.18 Å². The molecule has 0 bridgehead atoms. The Morgan fingerprint density at radius 3 is 2.60 bits per heavy atom. The number of halogens is 2. The molecule has 1 rings (SSSR count). The Balaban J connectivity index is 0.00000361. The Bertz CT molecular complexity index is 405. The van der Waals surface area contributed by atoms with Crippen molar-refractivity contribution in [2.45, 2.75) is 26.4 Å². The van der Waals surface area contributed by atoms with E-state index in [0.717, 1.165) is 6.54 Å². The minimum atomic E-state index is -0.668. The normalized spacial score (nSPS) is 11.3. The molecule has 0 aliphatic carbocycles. The topological polar surface area (TPSA) is 50.4 Å². The molecule has 114 valence electrons. The molecular formula is C14H22ClFN2O2. The van der Waals surface area contributed by atoms with E-state index in [-0.39, 0.29) is 24.1 Å². The van der Waals surface area contributed by atoms with Gasteiger partial charge in [-0.05, 0) is 25.1 Å². The van der Waals surface area contributed by atoms with Gasteiger partial charge in [0.1, 0.15) is 0 Å². The number of carbonyl (C=O) groups excluding carboxylic acids is 1. The van der Waals surface area contributed by atoms with E-state index < -0.39 is 11.9 Å². The van der Waals surface area contributed by atoms with E-state index in [0.29, 0.717) is 19.5 Å². The molecule has 0 radical (unpaired) electrons. The van der Waals surface area contributed by atoms with E-state index in [1.54, 1.807) is 12.1 Å². The molecule has 2 N–H and O–H groups in total. The number of hydrogen-bond donors (Lipinski definition) is 2. The molecule has 20 heavy (non-hydrogen) atoms. The molecule has 0 aliphatic heterocycles. The van der Waals surface area contributed by atoms with E-state index in [4.69, 9.17) is 4.74 Å². The summed E-state index contributed by atoms with van der Waals surface area (Å²) in [5, 5.41) is 5.86. The molecule has 1 unspecified atom stereocenters. The lowest BCUT2D eigenvalue weighted by atomic mass is 10.2. The summed E-state index contributed by atoms with van der Waals surface area (Å²) in [6.07, 6.45) is -0.181. The molecule has 1 aromatic rings. The highest BCUT2D eigenvalue weighted by atomic mass is 35.5. The van der Waals surface area contributed by atoms with Gasteiger partial charge in [0.2, 0.25) is 0 Å². The average Bonchev–Trinajstić information content (AvgIpc) is 2.42. The highest BCUT2D eigenvalue weighted by Gasteiger charge is 2.19. The Labute approximate surface area is 125 Å². The third kappa shape index (κ3) is 6.21. The Kier molecular flexibility index (Phi) is 9.76. The van der Waals surface area contributed by atoms with Crippen molar-refractivity contribution in [2.24, 2.45) is 0 Å². The standard InChI is InChI=1S/C14H21FN2O2.ClH/c1-3-12(14(18)17-10-9-16-4-2)19-13-8-6-5-7-11(13)15;/h5-8,12,16H,3-4,9-10H2,1-2H3,(H,17,18);1H. The lowest BCUT2D eigenvalue weighted by Crippen LogP contribution is -2.41. The number of ether oxygens (including phenoxy) is 1. The molecule has 0 heterocycles. The van der Waals surface area contributed by atoms with Gasteiger partial charge in [0.15, 0.2) is 17.7 Å². The zero-order chi connectivity index (χ0) is 14.1. The molecule has 0 spiro atoms. The quantitative estimate of drug-likeness (QED) is 0.723. The van der Waals surface area contributed by atoms with E-state index in [1.165, 1.54) is 12.1 Å². The molecule has 0 saturated heterocycles. The maximum Gasteiger partial charge on any atom is 0.261 e. The van der Waals surface area contributed by atoms with Gasteiger partial charge in [-0.25, -0.2) is 4.39 Å². The monoisotopic (exact) mass is 304 g/mol. The zero-order valence-electron chi connectivity index (χ0n) is 11.8. The lowest BCUT2D eigenvalue weighted by molar-refractivity contribution is -0.128. The van der Waals surface area contributed by atoms with Gasteiger partial charge >= 0.3 is 0 Å². The fraction of sp³-hybridized carbons (Fsp3) is 0.500. The van der Waals surface area contributed by atoms with Gasteiger partial charge < -0.3 is 15.4 Å². The van der Waals surface area contributed by atoms with Gasteiger partial charge in [-0.15, -0.1) is 12.4 Å². The molecule has 1 aromatic carbocycles. The first kappa shape index (κ1) is 18.7. The van der Waals surface area contributed by atoms with Crippen molar-refractivity contribution in [3.63, 3.8) is 0 Å². The average molecular weight is 305 g/mol. The summed E-state index contributed by atoms with van der Waals surface area (Å²) in [4.78, 5) is 11.9. The molecule has 6 heteroatoms. The third-order valence-corrected chi connectivity index (χ3v) is 2.62. The number of hydrogen-bond acceptors (Lipinski definition) is 3. The maximum atomic E-state index is 13.4. The molecule has 1 amide bonds. The molecule has 4 nitrogen and oxygen atoms in total. The molecular weight excluding hydrogens is 283 g/mol.